The molecule has 1 amide bonds. The lowest BCUT2D eigenvalue weighted by atomic mass is 10.1. The lowest BCUT2D eigenvalue weighted by Crippen LogP contribution is -2.24. The number of para-hydroxylation sites is 1. The third-order valence-electron chi connectivity index (χ3n) is 3.30. The maximum absolute atomic E-state index is 11.7. The van der Waals surface area contributed by atoms with Crippen molar-refractivity contribution in [3.63, 3.8) is 0 Å². The molecule has 0 saturated carbocycles. The summed E-state index contributed by atoms with van der Waals surface area (Å²) in [6.45, 7) is 8.11. The summed E-state index contributed by atoms with van der Waals surface area (Å²) in [6, 6.07) is 9.57. The monoisotopic (exact) mass is 296 g/mol. The van der Waals surface area contributed by atoms with E-state index >= 15 is 0 Å². The minimum atomic E-state index is -0.260. The van der Waals surface area contributed by atoms with Crippen molar-refractivity contribution < 1.29 is 4.79 Å². The molecule has 0 aliphatic heterocycles. The number of benzene rings is 1. The van der Waals surface area contributed by atoms with E-state index < -0.39 is 0 Å². The standard InChI is InChI=1S/C17H20N4O/c1-4-11-18-17(22)14-9-10-15(21-20-14)19-16-12(3)7-6-8-13(16)5-2/h4,6-10H,1,5,11H2,2-3H3,(H,18,22)(H,19,21). The zero-order chi connectivity index (χ0) is 15.9. The normalized spacial score (nSPS) is 10.1. The van der Waals surface area contributed by atoms with E-state index in [0.717, 1.165) is 17.7 Å². The molecule has 0 fully saturated rings. The van der Waals surface area contributed by atoms with E-state index in [-0.39, 0.29) is 11.6 Å². The van der Waals surface area contributed by atoms with Crippen LogP contribution in [0.1, 0.15) is 28.5 Å². The lowest BCUT2D eigenvalue weighted by molar-refractivity contribution is 0.0952. The van der Waals surface area contributed by atoms with Crippen molar-refractivity contribution in [1.29, 1.82) is 0 Å². The van der Waals surface area contributed by atoms with Crippen LogP contribution in [0.25, 0.3) is 0 Å². The fourth-order valence-electron chi connectivity index (χ4n) is 2.11. The van der Waals surface area contributed by atoms with E-state index in [1.807, 2.05) is 19.1 Å². The van der Waals surface area contributed by atoms with Gasteiger partial charge in [0.15, 0.2) is 11.5 Å². The molecule has 0 radical (unpaired) electrons. The molecule has 114 valence electrons. The number of anilines is 2. The fraction of sp³-hybridized carbons (Fsp3) is 0.235. The molecule has 0 unspecified atom stereocenters. The quantitative estimate of drug-likeness (QED) is 0.804. The second-order valence-corrected chi connectivity index (χ2v) is 4.89. The summed E-state index contributed by atoms with van der Waals surface area (Å²) >= 11 is 0. The van der Waals surface area contributed by atoms with Crippen LogP contribution in [0.3, 0.4) is 0 Å². The molecule has 1 heterocycles. The van der Waals surface area contributed by atoms with Gasteiger partial charge in [-0.05, 0) is 36.6 Å². The summed E-state index contributed by atoms with van der Waals surface area (Å²) in [6.07, 6.45) is 2.55. The maximum atomic E-state index is 11.7. The second kappa shape index (κ2) is 7.36. The minimum Gasteiger partial charge on any atom is -0.347 e. The molecule has 1 aromatic heterocycles. The van der Waals surface area contributed by atoms with Crippen molar-refractivity contribution in [2.24, 2.45) is 0 Å². The number of carbonyl (C=O) groups is 1. The predicted molar refractivity (Wildman–Crippen MR) is 88.4 cm³/mol. The van der Waals surface area contributed by atoms with Crippen molar-refractivity contribution >= 4 is 17.4 Å². The molecule has 0 bridgehead atoms. The summed E-state index contributed by atoms with van der Waals surface area (Å²) in [5.41, 5.74) is 3.69. The van der Waals surface area contributed by atoms with Gasteiger partial charge in [0.1, 0.15) is 0 Å². The zero-order valence-electron chi connectivity index (χ0n) is 12.9. The third-order valence-corrected chi connectivity index (χ3v) is 3.30. The van der Waals surface area contributed by atoms with E-state index in [1.165, 1.54) is 5.56 Å². The Bertz CT molecular complexity index is 665. The highest BCUT2D eigenvalue weighted by Crippen LogP contribution is 2.24. The van der Waals surface area contributed by atoms with Crippen LogP contribution in [0.5, 0.6) is 0 Å². The molecule has 2 N–H and O–H groups in total. The average molecular weight is 296 g/mol. The number of aryl methyl sites for hydroxylation is 2. The molecule has 0 spiro atoms. The topological polar surface area (TPSA) is 66.9 Å². The zero-order valence-corrected chi connectivity index (χ0v) is 12.9. The van der Waals surface area contributed by atoms with Crippen molar-refractivity contribution in [2.45, 2.75) is 20.3 Å². The highest BCUT2D eigenvalue weighted by atomic mass is 16.1. The molecule has 1 aromatic carbocycles. The number of hydrogen-bond acceptors (Lipinski definition) is 4. The first-order chi connectivity index (χ1) is 10.7. The number of aromatic nitrogens is 2. The Morgan fingerprint density at radius 1 is 1.27 bits per heavy atom. The Hall–Kier alpha value is -2.69. The number of carbonyl (C=O) groups excluding carboxylic acids is 1. The van der Waals surface area contributed by atoms with Gasteiger partial charge >= 0.3 is 0 Å². The van der Waals surface area contributed by atoms with Gasteiger partial charge in [0.05, 0.1) is 0 Å². The summed E-state index contributed by atoms with van der Waals surface area (Å²) in [7, 11) is 0. The highest BCUT2D eigenvalue weighted by molar-refractivity contribution is 5.92. The molecule has 0 saturated heterocycles. The summed E-state index contributed by atoms with van der Waals surface area (Å²) in [5.74, 6) is 0.355. The van der Waals surface area contributed by atoms with Gasteiger partial charge in [0.25, 0.3) is 5.91 Å². The Balaban J connectivity index is 2.15. The summed E-state index contributed by atoms with van der Waals surface area (Å²) in [5, 5.41) is 14.0. The van der Waals surface area contributed by atoms with Crippen LogP contribution in [0.4, 0.5) is 11.5 Å². The highest BCUT2D eigenvalue weighted by Gasteiger charge is 2.09. The van der Waals surface area contributed by atoms with E-state index in [1.54, 1.807) is 18.2 Å². The van der Waals surface area contributed by atoms with Crippen molar-refractivity contribution in [3.05, 3.63) is 59.8 Å². The van der Waals surface area contributed by atoms with Gasteiger partial charge in [-0.25, -0.2) is 0 Å². The van der Waals surface area contributed by atoms with Gasteiger partial charge in [-0.3, -0.25) is 4.79 Å². The molecule has 2 aromatic rings. The van der Waals surface area contributed by atoms with Crippen LogP contribution in [-0.4, -0.2) is 22.6 Å². The summed E-state index contributed by atoms with van der Waals surface area (Å²) in [4.78, 5) is 11.7. The van der Waals surface area contributed by atoms with Crippen LogP contribution in [0, 0.1) is 6.92 Å². The van der Waals surface area contributed by atoms with Crippen LogP contribution in [-0.2, 0) is 6.42 Å². The van der Waals surface area contributed by atoms with Crippen LogP contribution >= 0.6 is 0 Å². The van der Waals surface area contributed by atoms with Gasteiger partial charge in [-0.2, -0.15) is 0 Å². The van der Waals surface area contributed by atoms with Gasteiger partial charge in [-0.15, -0.1) is 16.8 Å². The Labute approximate surface area is 130 Å². The third kappa shape index (κ3) is 3.69. The van der Waals surface area contributed by atoms with Crippen molar-refractivity contribution in [2.75, 3.05) is 11.9 Å². The molecule has 5 heteroatoms. The number of hydrogen-bond donors (Lipinski definition) is 2. The molecule has 0 atom stereocenters. The SMILES string of the molecule is C=CCNC(=O)c1ccc(Nc2c(C)cccc2CC)nn1. The molecule has 22 heavy (non-hydrogen) atoms. The number of rotatable bonds is 6. The van der Waals surface area contributed by atoms with Crippen LogP contribution in [0.15, 0.2) is 43.0 Å². The largest absolute Gasteiger partial charge is 0.347 e. The first-order valence-corrected chi connectivity index (χ1v) is 7.24. The molecular formula is C17H20N4O. The van der Waals surface area contributed by atoms with E-state index in [9.17, 15) is 4.79 Å². The van der Waals surface area contributed by atoms with Crippen LogP contribution < -0.4 is 10.6 Å². The van der Waals surface area contributed by atoms with Gasteiger partial charge in [0, 0.05) is 12.2 Å². The van der Waals surface area contributed by atoms with Crippen LogP contribution in [0.2, 0.25) is 0 Å². The smallest absolute Gasteiger partial charge is 0.272 e. The van der Waals surface area contributed by atoms with Gasteiger partial charge in [0.2, 0.25) is 0 Å². The number of nitrogens with one attached hydrogen (secondary N) is 2. The van der Waals surface area contributed by atoms with E-state index in [0.29, 0.717) is 12.4 Å². The molecule has 2 rings (SSSR count). The molecule has 5 nitrogen and oxygen atoms in total. The molecular weight excluding hydrogens is 276 g/mol. The Morgan fingerprint density at radius 3 is 2.73 bits per heavy atom. The first kappa shape index (κ1) is 15.7. The van der Waals surface area contributed by atoms with Gasteiger partial charge < -0.3 is 10.6 Å². The number of nitrogens with zero attached hydrogens (tertiary/aromatic N) is 2. The van der Waals surface area contributed by atoms with Crippen molar-refractivity contribution in [1.82, 2.24) is 15.5 Å². The maximum Gasteiger partial charge on any atom is 0.272 e. The van der Waals surface area contributed by atoms with Crippen molar-refractivity contribution in [3.8, 4) is 0 Å². The lowest BCUT2D eigenvalue weighted by Gasteiger charge is -2.13. The average Bonchev–Trinajstić information content (AvgIpc) is 2.55. The van der Waals surface area contributed by atoms with E-state index in [4.69, 9.17) is 0 Å². The Kier molecular flexibility index (Phi) is 5.25. The minimum absolute atomic E-state index is 0.260. The van der Waals surface area contributed by atoms with Gasteiger partial charge in [-0.1, -0.05) is 31.2 Å². The summed E-state index contributed by atoms with van der Waals surface area (Å²) < 4.78 is 0. The second-order valence-electron chi connectivity index (χ2n) is 4.89. The Morgan fingerprint density at radius 2 is 2.09 bits per heavy atom. The fourth-order valence-corrected chi connectivity index (χ4v) is 2.11. The predicted octanol–water partition coefficient (Wildman–Crippen LogP) is 3.01. The number of amides is 1. The first-order valence-electron chi connectivity index (χ1n) is 7.24. The molecule has 0 aliphatic carbocycles. The van der Waals surface area contributed by atoms with E-state index in [2.05, 4.69) is 40.4 Å². The molecule has 0 aliphatic rings.